The highest BCUT2D eigenvalue weighted by Crippen LogP contribution is 2.18. The Morgan fingerprint density at radius 3 is 2.89 bits per heavy atom. The molecular formula is C16H22N2O. The van der Waals surface area contributed by atoms with Crippen molar-refractivity contribution in [2.75, 3.05) is 6.54 Å². The average molecular weight is 258 g/mol. The molecule has 1 aromatic heterocycles. The molecular weight excluding hydrogens is 236 g/mol. The van der Waals surface area contributed by atoms with Gasteiger partial charge in [0, 0.05) is 30.1 Å². The Balaban J connectivity index is 1.83. The first-order valence-corrected chi connectivity index (χ1v) is 6.98. The van der Waals surface area contributed by atoms with Crippen molar-refractivity contribution in [1.29, 1.82) is 0 Å². The largest absolute Gasteiger partial charge is 0.361 e. The van der Waals surface area contributed by atoms with E-state index in [9.17, 15) is 4.79 Å². The van der Waals surface area contributed by atoms with Gasteiger partial charge in [-0.25, -0.2) is 0 Å². The number of amides is 1. The summed E-state index contributed by atoms with van der Waals surface area (Å²) >= 11 is 0. The van der Waals surface area contributed by atoms with Crippen LogP contribution in [0.25, 0.3) is 10.9 Å². The van der Waals surface area contributed by atoms with Crippen molar-refractivity contribution in [2.45, 2.75) is 33.1 Å². The molecule has 2 N–H and O–H groups in total. The minimum Gasteiger partial charge on any atom is -0.361 e. The van der Waals surface area contributed by atoms with Crippen LogP contribution < -0.4 is 5.32 Å². The molecule has 1 aromatic carbocycles. The number of carbonyl (C=O) groups is 1. The van der Waals surface area contributed by atoms with E-state index < -0.39 is 0 Å². The summed E-state index contributed by atoms with van der Waals surface area (Å²) in [6.45, 7) is 5.11. The van der Waals surface area contributed by atoms with Gasteiger partial charge in [0.05, 0.1) is 0 Å². The number of aryl methyl sites for hydroxylation is 1. The second kappa shape index (κ2) is 6.41. The van der Waals surface area contributed by atoms with E-state index in [4.69, 9.17) is 0 Å². The van der Waals surface area contributed by atoms with Crippen molar-refractivity contribution in [1.82, 2.24) is 10.3 Å². The Morgan fingerprint density at radius 2 is 2.11 bits per heavy atom. The van der Waals surface area contributed by atoms with Gasteiger partial charge >= 0.3 is 0 Å². The number of rotatable bonds is 6. The molecule has 0 spiro atoms. The number of para-hydroxylation sites is 1. The molecule has 2 aromatic rings. The Morgan fingerprint density at radius 1 is 1.32 bits per heavy atom. The predicted octanol–water partition coefficient (Wildman–Crippen LogP) is 3.26. The molecule has 102 valence electrons. The Bertz CT molecular complexity index is 542. The van der Waals surface area contributed by atoms with E-state index in [2.05, 4.69) is 36.3 Å². The third-order valence-corrected chi connectivity index (χ3v) is 3.34. The van der Waals surface area contributed by atoms with Crippen LogP contribution in [0.1, 0.15) is 32.3 Å². The summed E-state index contributed by atoms with van der Waals surface area (Å²) in [6, 6.07) is 8.20. The maximum atomic E-state index is 11.7. The molecule has 0 atom stereocenters. The Kier molecular flexibility index (Phi) is 4.61. The van der Waals surface area contributed by atoms with E-state index in [-0.39, 0.29) is 5.91 Å². The third-order valence-electron chi connectivity index (χ3n) is 3.34. The Hall–Kier alpha value is -1.77. The fourth-order valence-corrected chi connectivity index (χ4v) is 2.18. The first kappa shape index (κ1) is 13.7. The number of fused-ring (bicyclic) bond motifs is 1. The molecule has 0 radical (unpaired) electrons. The van der Waals surface area contributed by atoms with Crippen LogP contribution in [-0.2, 0) is 11.2 Å². The summed E-state index contributed by atoms with van der Waals surface area (Å²) in [5.74, 6) is 0.778. The van der Waals surface area contributed by atoms with Gasteiger partial charge in [-0.05, 0) is 30.4 Å². The van der Waals surface area contributed by atoms with Crippen molar-refractivity contribution in [3.8, 4) is 0 Å². The lowest BCUT2D eigenvalue weighted by atomic mass is 10.1. The van der Waals surface area contributed by atoms with E-state index in [1.54, 1.807) is 0 Å². The zero-order valence-corrected chi connectivity index (χ0v) is 11.7. The summed E-state index contributed by atoms with van der Waals surface area (Å²) in [7, 11) is 0. The molecule has 1 heterocycles. The van der Waals surface area contributed by atoms with Crippen LogP contribution in [0.2, 0.25) is 0 Å². The number of hydrogen-bond donors (Lipinski definition) is 2. The maximum Gasteiger partial charge on any atom is 0.220 e. The van der Waals surface area contributed by atoms with Crippen LogP contribution in [0.3, 0.4) is 0 Å². The smallest absolute Gasteiger partial charge is 0.220 e. The minimum atomic E-state index is 0.144. The normalized spacial score (nSPS) is 11.1. The summed E-state index contributed by atoms with van der Waals surface area (Å²) in [4.78, 5) is 15.0. The minimum absolute atomic E-state index is 0.144. The highest BCUT2D eigenvalue weighted by molar-refractivity contribution is 5.84. The van der Waals surface area contributed by atoms with E-state index in [0.29, 0.717) is 12.3 Å². The molecule has 19 heavy (non-hydrogen) atoms. The molecule has 0 bridgehead atoms. The molecule has 0 fully saturated rings. The van der Waals surface area contributed by atoms with E-state index in [0.717, 1.165) is 24.9 Å². The number of aromatic nitrogens is 1. The van der Waals surface area contributed by atoms with Gasteiger partial charge in [0.1, 0.15) is 0 Å². The lowest BCUT2D eigenvalue weighted by molar-refractivity contribution is -0.121. The van der Waals surface area contributed by atoms with Crippen molar-refractivity contribution in [3.63, 3.8) is 0 Å². The van der Waals surface area contributed by atoms with Crippen molar-refractivity contribution < 1.29 is 4.79 Å². The molecule has 3 heteroatoms. The monoisotopic (exact) mass is 258 g/mol. The van der Waals surface area contributed by atoms with Gasteiger partial charge < -0.3 is 10.3 Å². The van der Waals surface area contributed by atoms with Gasteiger partial charge in [-0.15, -0.1) is 0 Å². The lowest BCUT2D eigenvalue weighted by Gasteiger charge is -2.06. The van der Waals surface area contributed by atoms with Crippen LogP contribution in [-0.4, -0.2) is 17.4 Å². The van der Waals surface area contributed by atoms with Crippen molar-refractivity contribution in [3.05, 3.63) is 36.0 Å². The average Bonchev–Trinajstić information content (AvgIpc) is 2.79. The van der Waals surface area contributed by atoms with Crippen molar-refractivity contribution in [2.24, 2.45) is 5.92 Å². The number of hydrogen-bond acceptors (Lipinski definition) is 1. The van der Waals surface area contributed by atoms with Crippen LogP contribution in [0, 0.1) is 5.92 Å². The third kappa shape index (κ3) is 3.85. The zero-order valence-electron chi connectivity index (χ0n) is 11.7. The molecule has 0 saturated heterocycles. The number of benzene rings is 1. The fraction of sp³-hybridized carbons (Fsp3) is 0.438. The first-order chi connectivity index (χ1) is 9.16. The van der Waals surface area contributed by atoms with Gasteiger partial charge in [-0.3, -0.25) is 4.79 Å². The summed E-state index contributed by atoms with van der Waals surface area (Å²) in [6.07, 6.45) is 4.39. The number of nitrogens with one attached hydrogen (secondary N) is 2. The highest BCUT2D eigenvalue weighted by Gasteiger charge is 2.06. The standard InChI is InChI=1S/C16H22N2O/c1-12(2)9-10-17-16(19)8-7-13-11-18-15-6-4-3-5-14(13)15/h3-6,11-12,18H,7-10H2,1-2H3,(H,17,19). The molecule has 0 unspecified atom stereocenters. The second-order valence-electron chi connectivity index (χ2n) is 5.39. The maximum absolute atomic E-state index is 11.7. The highest BCUT2D eigenvalue weighted by atomic mass is 16.1. The van der Waals surface area contributed by atoms with Crippen molar-refractivity contribution >= 4 is 16.8 Å². The van der Waals surface area contributed by atoms with Gasteiger partial charge in [-0.1, -0.05) is 32.0 Å². The zero-order chi connectivity index (χ0) is 13.7. The Labute approximate surface area is 114 Å². The van der Waals surface area contributed by atoms with Crippen LogP contribution in [0.5, 0.6) is 0 Å². The number of H-pyrrole nitrogens is 1. The summed E-state index contributed by atoms with van der Waals surface area (Å²) in [5.41, 5.74) is 2.35. The molecule has 3 nitrogen and oxygen atoms in total. The van der Waals surface area contributed by atoms with E-state index >= 15 is 0 Å². The van der Waals surface area contributed by atoms with Crippen LogP contribution in [0.15, 0.2) is 30.5 Å². The molecule has 2 rings (SSSR count). The fourth-order valence-electron chi connectivity index (χ4n) is 2.18. The summed E-state index contributed by atoms with van der Waals surface area (Å²) in [5, 5.41) is 4.20. The molecule has 0 aliphatic carbocycles. The predicted molar refractivity (Wildman–Crippen MR) is 79.1 cm³/mol. The van der Waals surface area contributed by atoms with Gasteiger partial charge in [0.25, 0.3) is 0 Å². The summed E-state index contributed by atoms with van der Waals surface area (Å²) < 4.78 is 0. The molecule has 0 saturated carbocycles. The molecule has 0 aliphatic rings. The second-order valence-corrected chi connectivity index (χ2v) is 5.39. The van der Waals surface area contributed by atoms with Crippen LogP contribution in [0.4, 0.5) is 0 Å². The van der Waals surface area contributed by atoms with Gasteiger partial charge in [0.15, 0.2) is 0 Å². The van der Waals surface area contributed by atoms with Crippen LogP contribution >= 0.6 is 0 Å². The first-order valence-electron chi connectivity index (χ1n) is 6.98. The van der Waals surface area contributed by atoms with E-state index in [1.807, 2.05) is 18.3 Å². The lowest BCUT2D eigenvalue weighted by Crippen LogP contribution is -2.25. The van der Waals surface area contributed by atoms with Gasteiger partial charge in [0.2, 0.25) is 5.91 Å². The van der Waals surface area contributed by atoms with Gasteiger partial charge in [-0.2, -0.15) is 0 Å². The topological polar surface area (TPSA) is 44.9 Å². The molecule has 0 aliphatic heterocycles. The quantitative estimate of drug-likeness (QED) is 0.820. The SMILES string of the molecule is CC(C)CCNC(=O)CCc1c[nH]c2ccccc12. The number of carbonyl (C=O) groups excluding carboxylic acids is 1. The number of aromatic amines is 1. The van der Waals surface area contributed by atoms with E-state index in [1.165, 1.54) is 10.9 Å². The molecule has 1 amide bonds.